The van der Waals surface area contributed by atoms with Crippen molar-refractivity contribution < 1.29 is 4.79 Å². The zero-order valence-electron chi connectivity index (χ0n) is 12.8. The van der Waals surface area contributed by atoms with Crippen LogP contribution in [0.4, 0.5) is 11.4 Å². The number of carbonyl (C=O) groups is 1. The number of anilines is 2. The van der Waals surface area contributed by atoms with Crippen molar-refractivity contribution in [1.82, 2.24) is 9.97 Å². The summed E-state index contributed by atoms with van der Waals surface area (Å²) in [6.07, 6.45) is 2.84. The predicted octanol–water partition coefficient (Wildman–Crippen LogP) is 5.07. The van der Waals surface area contributed by atoms with Crippen LogP contribution in [-0.2, 0) is 0 Å². The van der Waals surface area contributed by atoms with Crippen molar-refractivity contribution in [3.05, 3.63) is 81.9 Å². The Morgan fingerprint density at radius 2 is 1.79 bits per heavy atom. The number of aryl methyl sites for hydroxylation is 1. The summed E-state index contributed by atoms with van der Waals surface area (Å²) in [6, 6.07) is 13.0. The maximum absolute atomic E-state index is 12.5. The van der Waals surface area contributed by atoms with Crippen LogP contribution in [-0.4, -0.2) is 15.8 Å². The number of hydrogen-bond acceptors (Lipinski definition) is 4. The third-order valence-electron chi connectivity index (χ3n) is 3.51. The second kappa shape index (κ2) is 6.99. The van der Waals surface area contributed by atoms with E-state index in [0.29, 0.717) is 10.6 Å². The molecule has 24 heavy (non-hydrogen) atoms. The number of halogens is 2. The lowest BCUT2D eigenvalue weighted by Gasteiger charge is -2.11. The van der Waals surface area contributed by atoms with Crippen molar-refractivity contribution in [1.29, 1.82) is 0 Å². The summed E-state index contributed by atoms with van der Waals surface area (Å²) in [5.41, 5.74) is 3.29. The van der Waals surface area contributed by atoms with Gasteiger partial charge in [0.1, 0.15) is 5.69 Å². The summed E-state index contributed by atoms with van der Waals surface area (Å²) in [5, 5.41) is 3.66. The summed E-state index contributed by atoms with van der Waals surface area (Å²) in [7, 11) is 0. The summed E-state index contributed by atoms with van der Waals surface area (Å²) >= 11 is 12.2. The second-order valence-electron chi connectivity index (χ2n) is 5.16. The Hall–Kier alpha value is -2.43. The molecule has 0 saturated carbocycles. The first kappa shape index (κ1) is 16.4. The lowest BCUT2D eigenvalue weighted by Crippen LogP contribution is -2.07. The van der Waals surface area contributed by atoms with Crippen molar-refractivity contribution >= 4 is 40.4 Å². The Labute approximate surface area is 149 Å². The van der Waals surface area contributed by atoms with Gasteiger partial charge in [0.05, 0.1) is 5.02 Å². The quantitative estimate of drug-likeness (QED) is 0.662. The molecule has 0 bridgehead atoms. The molecule has 0 aliphatic carbocycles. The Balaban J connectivity index is 1.89. The fourth-order valence-corrected chi connectivity index (χ4v) is 2.70. The monoisotopic (exact) mass is 357 g/mol. The number of hydrogen-bond donors (Lipinski definition) is 1. The van der Waals surface area contributed by atoms with E-state index in [4.69, 9.17) is 23.2 Å². The number of nitrogens with one attached hydrogen (secondary N) is 1. The van der Waals surface area contributed by atoms with Gasteiger partial charge < -0.3 is 5.32 Å². The molecule has 0 spiro atoms. The number of rotatable bonds is 4. The third kappa shape index (κ3) is 3.40. The molecule has 0 atom stereocenters. The minimum Gasteiger partial charge on any atom is -0.355 e. The van der Waals surface area contributed by atoms with Gasteiger partial charge in [-0.3, -0.25) is 4.79 Å². The van der Waals surface area contributed by atoms with Crippen LogP contribution in [0.3, 0.4) is 0 Å². The molecule has 0 unspecified atom stereocenters. The molecular formula is C18H13Cl2N3O. The van der Waals surface area contributed by atoms with Gasteiger partial charge in [-0.1, -0.05) is 41.4 Å². The molecule has 3 rings (SSSR count). The molecule has 0 saturated heterocycles. The largest absolute Gasteiger partial charge is 0.355 e. The Morgan fingerprint density at radius 3 is 2.50 bits per heavy atom. The second-order valence-corrected chi connectivity index (χ2v) is 5.92. The van der Waals surface area contributed by atoms with Crippen LogP contribution in [0.2, 0.25) is 10.2 Å². The van der Waals surface area contributed by atoms with Crippen molar-refractivity contribution in [3.63, 3.8) is 0 Å². The predicted molar refractivity (Wildman–Crippen MR) is 96.4 cm³/mol. The van der Waals surface area contributed by atoms with E-state index >= 15 is 0 Å². The summed E-state index contributed by atoms with van der Waals surface area (Å²) in [6.45, 7) is 2.01. The first-order valence-corrected chi connectivity index (χ1v) is 7.95. The average Bonchev–Trinajstić information content (AvgIpc) is 2.57. The molecule has 1 heterocycles. The van der Waals surface area contributed by atoms with Crippen molar-refractivity contribution in [3.8, 4) is 0 Å². The van der Waals surface area contributed by atoms with Gasteiger partial charge in [-0.15, -0.1) is 0 Å². The highest BCUT2D eigenvalue weighted by Crippen LogP contribution is 2.27. The Kier molecular flexibility index (Phi) is 4.79. The van der Waals surface area contributed by atoms with E-state index in [1.807, 2.05) is 31.2 Å². The van der Waals surface area contributed by atoms with Crippen LogP contribution in [0, 0.1) is 6.92 Å². The maximum atomic E-state index is 12.5. The molecule has 0 aliphatic rings. The molecule has 4 nitrogen and oxygen atoms in total. The number of para-hydroxylation sites is 1. The summed E-state index contributed by atoms with van der Waals surface area (Å²) < 4.78 is 0. The zero-order valence-corrected chi connectivity index (χ0v) is 14.3. The number of ketones is 1. The standard InChI is InChI=1S/C18H13Cl2N3O/c1-11-4-2-3-5-15(11)23-12-6-7-13(14(19)10-12)17(24)16-18(20)22-9-8-21-16/h2-10,23H,1H3. The van der Waals surface area contributed by atoms with Gasteiger partial charge in [-0.25, -0.2) is 9.97 Å². The molecule has 120 valence electrons. The highest BCUT2D eigenvalue weighted by atomic mass is 35.5. The number of benzene rings is 2. The van der Waals surface area contributed by atoms with E-state index in [0.717, 1.165) is 16.9 Å². The average molecular weight is 358 g/mol. The SMILES string of the molecule is Cc1ccccc1Nc1ccc(C(=O)c2nccnc2Cl)c(Cl)c1. The molecule has 1 N–H and O–H groups in total. The first-order chi connectivity index (χ1) is 11.6. The molecule has 3 aromatic rings. The molecule has 1 aromatic heterocycles. The number of carbonyl (C=O) groups excluding carboxylic acids is 1. The topological polar surface area (TPSA) is 54.9 Å². The van der Waals surface area contributed by atoms with Crippen LogP contribution in [0.1, 0.15) is 21.6 Å². The van der Waals surface area contributed by atoms with E-state index in [2.05, 4.69) is 15.3 Å². The highest BCUT2D eigenvalue weighted by molar-refractivity contribution is 6.37. The maximum Gasteiger partial charge on any atom is 0.216 e. The van der Waals surface area contributed by atoms with Crippen molar-refractivity contribution in [2.45, 2.75) is 6.92 Å². The molecular weight excluding hydrogens is 345 g/mol. The number of nitrogens with zero attached hydrogens (tertiary/aromatic N) is 2. The van der Waals surface area contributed by atoms with Gasteiger partial charge in [0.25, 0.3) is 0 Å². The zero-order chi connectivity index (χ0) is 17.1. The highest BCUT2D eigenvalue weighted by Gasteiger charge is 2.18. The number of aromatic nitrogens is 2. The minimum atomic E-state index is -0.361. The Bertz CT molecular complexity index is 912. The van der Waals surface area contributed by atoms with E-state index in [1.165, 1.54) is 12.4 Å². The Morgan fingerprint density at radius 1 is 1.04 bits per heavy atom. The lowest BCUT2D eigenvalue weighted by atomic mass is 10.1. The normalized spacial score (nSPS) is 10.5. The first-order valence-electron chi connectivity index (χ1n) is 7.19. The van der Waals surface area contributed by atoms with E-state index in [9.17, 15) is 4.79 Å². The molecule has 6 heteroatoms. The third-order valence-corrected chi connectivity index (χ3v) is 4.10. The van der Waals surface area contributed by atoms with Crippen LogP contribution in [0.5, 0.6) is 0 Å². The molecule has 2 aromatic carbocycles. The van der Waals surface area contributed by atoms with Gasteiger partial charge in [0.15, 0.2) is 5.15 Å². The van der Waals surface area contributed by atoms with Gasteiger partial charge >= 0.3 is 0 Å². The summed E-state index contributed by atoms with van der Waals surface area (Å²) in [5.74, 6) is -0.361. The smallest absolute Gasteiger partial charge is 0.216 e. The van der Waals surface area contributed by atoms with Crippen LogP contribution in [0.15, 0.2) is 54.9 Å². The van der Waals surface area contributed by atoms with Gasteiger partial charge in [-0.05, 0) is 36.8 Å². The molecule has 0 radical (unpaired) electrons. The fraction of sp³-hybridized carbons (Fsp3) is 0.0556. The molecule has 0 fully saturated rings. The van der Waals surface area contributed by atoms with Crippen molar-refractivity contribution in [2.75, 3.05) is 5.32 Å². The van der Waals surface area contributed by atoms with E-state index in [1.54, 1.807) is 18.2 Å². The lowest BCUT2D eigenvalue weighted by molar-refractivity contribution is 0.103. The van der Waals surface area contributed by atoms with E-state index < -0.39 is 0 Å². The van der Waals surface area contributed by atoms with Crippen LogP contribution >= 0.6 is 23.2 Å². The minimum absolute atomic E-state index is 0.0562. The fourth-order valence-electron chi connectivity index (χ4n) is 2.25. The van der Waals surface area contributed by atoms with E-state index in [-0.39, 0.29) is 16.6 Å². The molecule has 0 aliphatic heterocycles. The van der Waals surface area contributed by atoms with Crippen LogP contribution in [0.25, 0.3) is 0 Å². The van der Waals surface area contributed by atoms with Gasteiger partial charge in [0, 0.05) is 29.3 Å². The van der Waals surface area contributed by atoms with Gasteiger partial charge in [-0.2, -0.15) is 0 Å². The van der Waals surface area contributed by atoms with Crippen molar-refractivity contribution in [2.24, 2.45) is 0 Å². The molecule has 0 amide bonds. The van der Waals surface area contributed by atoms with Gasteiger partial charge in [0.2, 0.25) is 5.78 Å². The van der Waals surface area contributed by atoms with Crippen LogP contribution < -0.4 is 5.32 Å². The summed E-state index contributed by atoms with van der Waals surface area (Å²) in [4.78, 5) is 20.4.